The Labute approximate surface area is 251 Å². The van der Waals surface area contributed by atoms with Crippen LogP contribution < -0.4 is 10.2 Å². The number of carbonyl (C=O) groups is 2. The molecule has 0 unspecified atom stereocenters. The van der Waals surface area contributed by atoms with Gasteiger partial charge in [0.05, 0.1) is 34.1 Å². The average Bonchev–Trinajstić information content (AvgIpc) is 3.49. The van der Waals surface area contributed by atoms with E-state index in [1.165, 1.54) is 17.4 Å². The van der Waals surface area contributed by atoms with Gasteiger partial charge in [-0.05, 0) is 74.4 Å². The third-order valence-corrected chi connectivity index (χ3v) is 11.5. The number of benzene rings is 1. The van der Waals surface area contributed by atoms with E-state index >= 15 is 0 Å². The van der Waals surface area contributed by atoms with Crippen LogP contribution in [-0.4, -0.2) is 71.0 Å². The smallest absolute Gasteiger partial charge is 0.275 e. The Morgan fingerprint density at radius 3 is 2.58 bits per heavy atom. The molecule has 2 saturated heterocycles. The number of pyridine rings is 1. The van der Waals surface area contributed by atoms with Crippen molar-refractivity contribution >= 4 is 49.9 Å². The molecular formula is C29H30F2N6O4S2. The predicted molar refractivity (Wildman–Crippen MR) is 157 cm³/mol. The minimum atomic E-state index is -4.36. The lowest BCUT2D eigenvalue weighted by Crippen LogP contribution is -2.58. The summed E-state index contributed by atoms with van der Waals surface area (Å²) in [5.41, 5.74) is 1.81. The molecule has 0 spiro atoms. The average molecular weight is 629 g/mol. The maximum atomic E-state index is 13.7. The molecule has 3 aromatic rings. The highest BCUT2D eigenvalue weighted by atomic mass is 32.2. The van der Waals surface area contributed by atoms with Crippen LogP contribution in [0.1, 0.15) is 54.2 Å². The normalized spacial score (nSPS) is 20.8. The zero-order chi connectivity index (χ0) is 30.3. The van der Waals surface area contributed by atoms with Gasteiger partial charge in [0.2, 0.25) is 15.9 Å². The molecule has 4 aliphatic rings. The molecule has 1 atom stereocenters. The van der Waals surface area contributed by atoms with Gasteiger partial charge in [0.15, 0.2) is 5.13 Å². The summed E-state index contributed by atoms with van der Waals surface area (Å²) in [6.45, 7) is 2.83. The van der Waals surface area contributed by atoms with Crippen LogP contribution in [0.3, 0.4) is 0 Å². The first-order valence-corrected chi connectivity index (χ1v) is 16.5. The number of carbonyl (C=O) groups excluding carboxylic acids is 2. The molecule has 5 heterocycles. The van der Waals surface area contributed by atoms with E-state index in [1.807, 2.05) is 13.0 Å². The molecule has 14 heteroatoms. The van der Waals surface area contributed by atoms with Crippen LogP contribution in [-0.2, 0) is 21.4 Å². The molecule has 7 rings (SSSR count). The molecule has 3 fully saturated rings. The van der Waals surface area contributed by atoms with Crippen LogP contribution in [0.5, 0.6) is 0 Å². The van der Waals surface area contributed by atoms with Crippen molar-refractivity contribution in [3.63, 3.8) is 0 Å². The fourth-order valence-electron chi connectivity index (χ4n) is 6.08. The number of fused-ring (bicyclic) bond motifs is 1. The Hall–Kier alpha value is -3.49. The second-order valence-corrected chi connectivity index (χ2v) is 14.6. The molecule has 0 radical (unpaired) electrons. The number of nitrogens with zero attached hydrogens (tertiary/aromatic N) is 5. The molecule has 1 aromatic carbocycles. The summed E-state index contributed by atoms with van der Waals surface area (Å²) in [6, 6.07) is 8.55. The molecule has 10 nitrogen and oxygen atoms in total. The van der Waals surface area contributed by atoms with Crippen LogP contribution >= 0.6 is 11.3 Å². The van der Waals surface area contributed by atoms with E-state index in [-0.39, 0.29) is 34.9 Å². The molecule has 226 valence electrons. The van der Waals surface area contributed by atoms with E-state index in [1.54, 1.807) is 34.9 Å². The molecule has 0 bridgehead atoms. The number of thiazole rings is 1. The molecule has 2 aromatic heterocycles. The molecule has 1 N–H and O–H groups in total. The topological polar surface area (TPSA) is 116 Å². The SMILES string of the molecule is Cc1nc(Nc2cccc(N3CCCC3=O)n2)sc1-c1cc2c(c(S(=O)(=O)N3CC(F)(F)C3)c1)C(=O)N([C@@H](C)C1CC1)C2. The minimum absolute atomic E-state index is 0.0323. The fraction of sp³-hybridized carbons (Fsp3) is 0.448. The number of aromatic nitrogens is 2. The van der Waals surface area contributed by atoms with Crippen molar-refractivity contribution in [1.29, 1.82) is 0 Å². The maximum absolute atomic E-state index is 13.7. The summed E-state index contributed by atoms with van der Waals surface area (Å²) in [6.07, 6.45) is 3.32. The van der Waals surface area contributed by atoms with Gasteiger partial charge in [-0.3, -0.25) is 14.5 Å². The number of alkyl halides is 2. The summed E-state index contributed by atoms with van der Waals surface area (Å²) in [5.74, 6) is -2.00. The van der Waals surface area contributed by atoms with Gasteiger partial charge in [-0.15, -0.1) is 0 Å². The molecule has 2 amide bonds. The van der Waals surface area contributed by atoms with Gasteiger partial charge in [-0.25, -0.2) is 27.2 Å². The highest BCUT2D eigenvalue weighted by molar-refractivity contribution is 7.89. The third kappa shape index (κ3) is 4.98. The lowest BCUT2D eigenvalue weighted by Gasteiger charge is -2.37. The number of anilines is 3. The first-order chi connectivity index (χ1) is 20.4. The predicted octanol–water partition coefficient (Wildman–Crippen LogP) is 4.78. The monoisotopic (exact) mass is 628 g/mol. The summed E-state index contributed by atoms with van der Waals surface area (Å²) in [5, 5.41) is 3.70. The van der Waals surface area contributed by atoms with Gasteiger partial charge in [-0.1, -0.05) is 17.4 Å². The second kappa shape index (κ2) is 10.0. The Morgan fingerprint density at radius 2 is 1.91 bits per heavy atom. The maximum Gasteiger partial charge on any atom is 0.275 e. The Bertz CT molecular complexity index is 1770. The molecule has 1 aliphatic carbocycles. The number of halogens is 2. The number of sulfonamides is 1. The van der Waals surface area contributed by atoms with Gasteiger partial charge in [0, 0.05) is 25.6 Å². The summed E-state index contributed by atoms with van der Waals surface area (Å²) < 4.78 is 55.6. The second-order valence-electron chi connectivity index (χ2n) is 11.7. The standard InChI is InChI=1S/C29H30F2N6O4S2/c1-16-26(42-28(32-16)34-22-5-3-6-23(33-22)36-10-4-7-24(36)38)19-11-20-13-37(17(2)18-8-9-18)27(39)25(20)21(12-19)43(40,41)35-14-29(30,31)15-35/h3,5-6,11-12,17-18H,4,7-10,13-15H2,1-2H3,(H,32,33,34)/t17-/m0/s1. The zero-order valence-corrected chi connectivity index (χ0v) is 25.3. The number of amides is 2. The van der Waals surface area contributed by atoms with Crippen molar-refractivity contribution < 1.29 is 26.8 Å². The summed E-state index contributed by atoms with van der Waals surface area (Å²) in [4.78, 5) is 38.8. The summed E-state index contributed by atoms with van der Waals surface area (Å²) in [7, 11) is -4.36. The lowest BCUT2D eigenvalue weighted by atomic mass is 10.0. The van der Waals surface area contributed by atoms with Crippen molar-refractivity contribution in [2.24, 2.45) is 5.92 Å². The van der Waals surface area contributed by atoms with Gasteiger partial charge in [0.25, 0.3) is 11.8 Å². The molecule has 43 heavy (non-hydrogen) atoms. The highest BCUT2D eigenvalue weighted by Gasteiger charge is 2.51. The lowest BCUT2D eigenvalue weighted by molar-refractivity contribution is -0.117. The summed E-state index contributed by atoms with van der Waals surface area (Å²) >= 11 is 1.29. The van der Waals surface area contributed by atoms with Crippen LogP contribution in [0.4, 0.5) is 25.5 Å². The van der Waals surface area contributed by atoms with Crippen LogP contribution in [0.15, 0.2) is 35.2 Å². The van der Waals surface area contributed by atoms with Crippen molar-refractivity contribution in [2.75, 3.05) is 29.9 Å². The quantitative estimate of drug-likeness (QED) is 0.382. The molecule has 3 aliphatic heterocycles. The van der Waals surface area contributed by atoms with Gasteiger partial charge in [0.1, 0.15) is 11.6 Å². The van der Waals surface area contributed by atoms with Crippen molar-refractivity contribution in [3.8, 4) is 10.4 Å². The van der Waals surface area contributed by atoms with Gasteiger partial charge in [-0.2, -0.15) is 4.31 Å². The Kier molecular flexibility index (Phi) is 6.60. The van der Waals surface area contributed by atoms with E-state index in [0.717, 1.165) is 23.6 Å². The van der Waals surface area contributed by atoms with Gasteiger partial charge >= 0.3 is 0 Å². The fourth-order valence-corrected chi connectivity index (χ4v) is 8.78. The van der Waals surface area contributed by atoms with Crippen molar-refractivity contribution in [1.82, 2.24) is 19.2 Å². The minimum Gasteiger partial charge on any atom is -0.331 e. The van der Waals surface area contributed by atoms with Crippen LogP contribution in [0.2, 0.25) is 0 Å². The number of rotatable bonds is 8. The van der Waals surface area contributed by atoms with Crippen molar-refractivity contribution in [2.45, 2.75) is 62.9 Å². The molecule has 1 saturated carbocycles. The first-order valence-electron chi connectivity index (χ1n) is 14.3. The van der Waals surface area contributed by atoms with E-state index < -0.39 is 29.0 Å². The number of aryl methyl sites for hydroxylation is 1. The van der Waals surface area contributed by atoms with E-state index in [2.05, 4.69) is 15.3 Å². The number of nitrogens with one attached hydrogen (secondary N) is 1. The van der Waals surface area contributed by atoms with E-state index in [9.17, 15) is 26.8 Å². The van der Waals surface area contributed by atoms with Crippen LogP contribution in [0, 0.1) is 12.8 Å². The molecular weight excluding hydrogens is 598 g/mol. The van der Waals surface area contributed by atoms with Gasteiger partial charge < -0.3 is 10.2 Å². The largest absolute Gasteiger partial charge is 0.331 e. The highest BCUT2D eigenvalue weighted by Crippen LogP contribution is 2.44. The Balaban J connectivity index is 1.24. The van der Waals surface area contributed by atoms with E-state index in [4.69, 9.17) is 0 Å². The number of hydrogen-bond acceptors (Lipinski definition) is 8. The zero-order valence-electron chi connectivity index (χ0n) is 23.6. The first kappa shape index (κ1) is 28.3. The van der Waals surface area contributed by atoms with Crippen molar-refractivity contribution in [3.05, 3.63) is 47.2 Å². The number of hydrogen-bond donors (Lipinski definition) is 1. The van der Waals surface area contributed by atoms with E-state index in [0.29, 0.717) is 57.3 Å². The van der Waals surface area contributed by atoms with Crippen LogP contribution in [0.25, 0.3) is 10.4 Å². The third-order valence-electron chi connectivity index (χ3n) is 8.61. The Morgan fingerprint density at radius 1 is 1.14 bits per heavy atom.